The van der Waals surface area contributed by atoms with Gasteiger partial charge in [-0.3, -0.25) is 5.43 Å². The van der Waals surface area contributed by atoms with Gasteiger partial charge in [0.2, 0.25) is 5.13 Å². The number of thiazole rings is 1. The van der Waals surface area contributed by atoms with Crippen molar-refractivity contribution in [3.63, 3.8) is 0 Å². The summed E-state index contributed by atoms with van der Waals surface area (Å²) >= 11 is 7.31. The Bertz CT molecular complexity index is 880. The van der Waals surface area contributed by atoms with Crippen molar-refractivity contribution in [3.8, 4) is 22.8 Å². The number of rotatable bonds is 5. The lowest BCUT2D eigenvalue weighted by Gasteiger charge is -2.01. The Labute approximate surface area is 148 Å². The van der Waals surface area contributed by atoms with Crippen LogP contribution in [-0.2, 0) is 0 Å². The number of halogens is 1. The molecule has 0 bridgehead atoms. The highest BCUT2D eigenvalue weighted by Gasteiger charge is 2.05. The zero-order valence-corrected chi connectivity index (χ0v) is 14.3. The van der Waals surface area contributed by atoms with Crippen molar-refractivity contribution in [2.24, 2.45) is 5.10 Å². The van der Waals surface area contributed by atoms with Crippen LogP contribution in [0.2, 0.25) is 5.02 Å². The normalized spacial score (nSPS) is 10.9. The van der Waals surface area contributed by atoms with Crippen LogP contribution in [0.1, 0.15) is 5.56 Å². The quantitative estimate of drug-likeness (QED) is 0.515. The highest BCUT2D eigenvalue weighted by Crippen LogP contribution is 2.27. The van der Waals surface area contributed by atoms with E-state index in [4.69, 9.17) is 16.3 Å². The van der Waals surface area contributed by atoms with Crippen molar-refractivity contribution in [2.45, 2.75) is 0 Å². The number of nitrogens with one attached hydrogen (secondary N) is 1. The van der Waals surface area contributed by atoms with Gasteiger partial charge in [0.15, 0.2) is 0 Å². The molecular weight excluding hydrogens is 346 g/mol. The van der Waals surface area contributed by atoms with Gasteiger partial charge in [0.05, 0.1) is 24.0 Å². The van der Waals surface area contributed by atoms with E-state index in [1.54, 1.807) is 25.5 Å². The topological polar surface area (TPSA) is 66.7 Å². The third-order valence-electron chi connectivity index (χ3n) is 3.22. The van der Waals surface area contributed by atoms with Gasteiger partial charge in [-0.15, -0.1) is 11.3 Å². The summed E-state index contributed by atoms with van der Waals surface area (Å²) in [6.07, 6.45) is 1.61. The molecule has 0 saturated heterocycles. The number of benzene rings is 2. The van der Waals surface area contributed by atoms with Gasteiger partial charge in [0.25, 0.3) is 0 Å². The van der Waals surface area contributed by atoms with Crippen molar-refractivity contribution in [3.05, 3.63) is 58.4 Å². The van der Waals surface area contributed by atoms with Crippen molar-refractivity contribution in [1.82, 2.24) is 4.98 Å². The molecule has 24 heavy (non-hydrogen) atoms. The average Bonchev–Trinajstić information content (AvgIpc) is 3.07. The van der Waals surface area contributed by atoms with Gasteiger partial charge in [-0.2, -0.15) is 5.10 Å². The van der Waals surface area contributed by atoms with Gasteiger partial charge in [0.1, 0.15) is 11.5 Å². The number of anilines is 1. The zero-order valence-electron chi connectivity index (χ0n) is 12.7. The second-order valence-electron chi connectivity index (χ2n) is 4.85. The molecule has 1 heterocycles. The van der Waals surface area contributed by atoms with E-state index in [0.29, 0.717) is 5.13 Å². The highest BCUT2D eigenvalue weighted by atomic mass is 35.5. The van der Waals surface area contributed by atoms with Crippen LogP contribution in [-0.4, -0.2) is 23.4 Å². The molecule has 0 atom stereocenters. The van der Waals surface area contributed by atoms with Crippen molar-refractivity contribution in [2.75, 3.05) is 12.5 Å². The van der Waals surface area contributed by atoms with Crippen molar-refractivity contribution in [1.29, 1.82) is 0 Å². The van der Waals surface area contributed by atoms with E-state index in [1.807, 2.05) is 29.6 Å². The number of aromatic nitrogens is 1. The van der Waals surface area contributed by atoms with Crippen LogP contribution in [0.4, 0.5) is 5.13 Å². The molecule has 0 aliphatic carbocycles. The van der Waals surface area contributed by atoms with Crippen LogP contribution < -0.4 is 10.2 Å². The molecule has 0 aliphatic heterocycles. The maximum absolute atomic E-state index is 9.39. The van der Waals surface area contributed by atoms with E-state index >= 15 is 0 Å². The molecule has 2 aromatic carbocycles. The predicted octanol–water partition coefficient (Wildman–Crippen LogP) is 4.62. The SMILES string of the molecule is COc1cccc(-c2csc(N/N=C\c3ccc(O)c(Cl)c3)n2)c1. The summed E-state index contributed by atoms with van der Waals surface area (Å²) in [5.41, 5.74) is 5.49. The molecule has 122 valence electrons. The van der Waals surface area contributed by atoms with Crippen LogP contribution >= 0.6 is 22.9 Å². The minimum absolute atomic E-state index is 0.0460. The molecule has 2 N–H and O–H groups in total. The minimum atomic E-state index is 0.0460. The summed E-state index contributed by atoms with van der Waals surface area (Å²) < 4.78 is 5.22. The number of hydrazone groups is 1. The summed E-state index contributed by atoms with van der Waals surface area (Å²) in [7, 11) is 1.64. The molecule has 0 fully saturated rings. The Morgan fingerprint density at radius 3 is 2.96 bits per heavy atom. The molecule has 7 heteroatoms. The molecule has 0 spiro atoms. The van der Waals surface area contributed by atoms with Crippen molar-refractivity contribution < 1.29 is 9.84 Å². The summed E-state index contributed by atoms with van der Waals surface area (Å²) in [6, 6.07) is 12.6. The fourth-order valence-electron chi connectivity index (χ4n) is 2.01. The van der Waals surface area contributed by atoms with E-state index in [9.17, 15) is 5.11 Å². The fraction of sp³-hybridized carbons (Fsp3) is 0.0588. The second kappa shape index (κ2) is 7.33. The Hall–Kier alpha value is -2.57. The number of hydrogen-bond donors (Lipinski definition) is 2. The standard InChI is InChI=1S/C17H14ClN3O2S/c1-23-13-4-2-3-12(8-13)15-10-24-17(20-15)21-19-9-11-5-6-16(22)14(18)7-11/h2-10,22H,1H3,(H,20,21)/b19-9-. The Morgan fingerprint density at radius 1 is 1.29 bits per heavy atom. The number of phenolic OH excluding ortho intramolecular Hbond substituents is 1. The van der Waals surface area contributed by atoms with Crippen LogP contribution in [0.3, 0.4) is 0 Å². The smallest absolute Gasteiger partial charge is 0.203 e. The lowest BCUT2D eigenvalue weighted by molar-refractivity contribution is 0.415. The second-order valence-corrected chi connectivity index (χ2v) is 6.12. The first kappa shape index (κ1) is 16.3. The van der Waals surface area contributed by atoms with Crippen LogP contribution in [0.15, 0.2) is 52.9 Å². The van der Waals surface area contributed by atoms with E-state index < -0.39 is 0 Å². The van der Waals surface area contributed by atoms with Gasteiger partial charge in [-0.1, -0.05) is 23.7 Å². The van der Waals surface area contributed by atoms with Crippen LogP contribution in [0.25, 0.3) is 11.3 Å². The molecule has 0 radical (unpaired) electrons. The van der Waals surface area contributed by atoms with Crippen LogP contribution in [0, 0.1) is 0 Å². The van der Waals surface area contributed by atoms with Gasteiger partial charge in [0, 0.05) is 10.9 Å². The maximum Gasteiger partial charge on any atom is 0.203 e. The highest BCUT2D eigenvalue weighted by molar-refractivity contribution is 7.14. The predicted molar refractivity (Wildman–Crippen MR) is 98.4 cm³/mol. The first-order valence-corrected chi connectivity index (χ1v) is 8.29. The molecule has 0 aliphatic rings. The number of aromatic hydroxyl groups is 1. The monoisotopic (exact) mass is 359 g/mol. The number of hydrogen-bond acceptors (Lipinski definition) is 6. The Balaban J connectivity index is 1.69. The van der Waals surface area contributed by atoms with E-state index in [0.717, 1.165) is 22.6 Å². The largest absolute Gasteiger partial charge is 0.506 e. The lowest BCUT2D eigenvalue weighted by atomic mass is 10.2. The Kier molecular flexibility index (Phi) is 4.98. The van der Waals surface area contributed by atoms with Gasteiger partial charge < -0.3 is 9.84 Å². The number of ether oxygens (including phenoxy) is 1. The molecule has 1 aromatic heterocycles. The van der Waals surface area contributed by atoms with Gasteiger partial charge in [-0.05, 0) is 35.9 Å². The zero-order chi connectivity index (χ0) is 16.9. The third kappa shape index (κ3) is 3.84. The van der Waals surface area contributed by atoms with Gasteiger partial charge in [-0.25, -0.2) is 4.98 Å². The first-order chi connectivity index (χ1) is 11.7. The lowest BCUT2D eigenvalue weighted by Crippen LogP contribution is -1.90. The number of nitrogens with zero attached hydrogens (tertiary/aromatic N) is 2. The van der Waals surface area contributed by atoms with Crippen molar-refractivity contribution >= 4 is 34.3 Å². The average molecular weight is 360 g/mol. The molecule has 0 amide bonds. The Morgan fingerprint density at radius 2 is 2.17 bits per heavy atom. The van der Waals surface area contributed by atoms with E-state index in [-0.39, 0.29) is 10.8 Å². The number of methoxy groups -OCH3 is 1. The minimum Gasteiger partial charge on any atom is -0.506 e. The molecule has 0 saturated carbocycles. The van der Waals surface area contributed by atoms with E-state index in [1.165, 1.54) is 17.4 Å². The summed E-state index contributed by atoms with van der Waals surface area (Å²) in [6.45, 7) is 0. The molecular formula is C17H14ClN3O2S. The first-order valence-electron chi connectivity index (χ1n) is 7.03. The maximum atomic E-state index is 9.39. The fourth-order valence-corrected chi connectivity index (χ4v) is 2.86. The third-order valence-corrected chi connectivity index (χ3v) is 4.26. The van der Waals surface area contributed by atoms with E-state index in [2.05, 4.69) is 15.5 Å². The molecule has 0 unspecified atom stereocenters. The molecule has 3 rings (SSSR count). The summed E-state index contributed by atoms with van der Waals surface area (Å²) in [4.78, 5) is 4.49. The molecule has 3 aromatic rings. The molecule has 5 nitrogen and oxygen atoms in total. The number of phenols is 1. The summed E-state index contributed by atoms with van der Waals surface area (Å²) in [5.74, 6) is 0.835. The van der Waals surface area contributed by atoms with Crippen LogP contribution in [0.5, 0.6) is 11.5 Å². The summed E-state index contributed by atoms with van der Waals surface area (Å²) in [5, 5.41) is 16.4. The van der Waals surface area contributed by atoms with Gasteiger partial charge >= 0.3 is 0 Å².